The van der Waals surface area contributed by atoms with Gasteiger partial charge in [-0.25, -0.2) is 0 Å². The molecule has 0 spiro atoms. The average Bonchev–Trinajstić information content (AvgIpc) is 2.80. The van der Waals surface area contributed by atoms with E-state index in [1.54, 1.807) is 43.3 Å². The second kappa shape index (κ2) is 13.2. The molecule has 1 amide bonds. The summed E-state index contributed by atoms with van der Waals surface area (Å²) in [4.78, 5) is 14.8. The molecule has 0 bridgehead atoms. The molecule has 1 atom stereocenters. The zero-order valence-electron chi connectivity index (χ0n) is 19.0. The van der Waals surface area contributed by atoms with Crippen LogP contribution in [0.2, 0.25) is 5.02 Å². The number of rotatable bonds is 10. The molecule has 5 nitrogen and oxygen atoms in total. The van der Waals surface area contributed by atoms with E-state index in [9.17, 15) is 18.0 Å². The molecular weight excluding hydrogens is 490 g/mol. The Bertz CT molecular complexity index is 911. The standard InChI is InChI=1S/C24H30Cl2F3N3O2/c1-3-19(25)14-21(31-23(34)18-5-4-6-20(26)13-18)16(2)32-11-8-17(9-12-32)7-10-30-15-22(33)24(27,28)29/h3-6,13-14,17,22,30,33H,2,7-12,15H2,1H3,(H,31,34)/b19-3+,21-14+. The zero-order chi connectivity index (χ0) is 25.3. The molecule has 1 saturated heterocycles. The summed E-state index contributed by atoms with van der Waals surface area (Å²) < 4.78 is 37.1. The molecule has 10 heteroatoms. The Morgan fingerprint density at radius 3 is 2.62 bits per heavy atom. The van der Waals surface area contributed by atoms with Crippen molar-refractivity contribution in [2.24, 2.45) is 5.92 Å². The van der Waals surface area contributed by atoms with Gasteiger partial charge < -0.3 is 20.6 Å². The second-order valence-corrected chi connectivity index (χ2v) is 9.00. The SMILES string of the molecule is C=C(/C(=C\C(Cl)=C/C)NC(=O)c1cccc(Cl)c1)N1CCC(CCNCC(O)C(F)(F)F)CC1. The summed E-state index contributed by atoms with van der Waals surface area (Å²) in [6.07, 6.45) is -1.24. The molecule has 34 heavy (non-hydrogen) atoms. The smallest absolute Gasteiger partial charge is 0.382 e. The van der Waals surface area contributed by atoms with Crippen molar-refractivity contribution in [1.29, 1.82) is 0 Å². The Labute approximate surface area is 208 Å². The van der Waals surface area contributed by atoms with Gasteiger partial charge in [-0.2, -0.15) is 13.2 Å². The van der Waals surface area contributed by atoms with Crippen LogP contribution in [0.5, 0.6) is 0 Å². The van der Waals surface area contributed by atoms with Crippen molar-refractivity contribution in [1.82, 2.24) is 15.5 Å². The van der Waals surface area contributed by atoms with Crippen LogP contribution in [0.4, 0.5) is 13.2 Å². The van der Waals surface area contributed by atoms with E-state index in [0.717, 1.165) is 12.8 Å². The van der Waals surface area contributed by atoms with Gasteiger partial charge in [0.1, 0.15) is 0 Å². The minimum Gasteiger partial charge on any atom is -0.382 e. The van der Waals surface area contributed by atoms with Crippen LogP contribution < -0.4 is 10.6 Å². The number of carbonyl (C=O) groups excluding carboxylic acids is 1. The maximum absolute atomic E-state index is 12.7. The summed E-state index contributed by atoms with van der Waals surface area (Å²) >= 11 is 12.2. The van der Waals surface area contributed by atoms with Crippen LogP contribution in [0, 0.1) is 5.92 Å². The third kappa shape index (κ3) is 8.98. The quantitative estimate of drug-likeness (QED) is 0.292. The molecular formula is C24H30Cl2F3N3O2. The van der Waals surface area contributed by atoms with Crippen LogP contribution in [0.25, 0.3) is 0 Å². The number of nitrogens with zero attached hydrogens (tertiary/aromatic N) is 1. The number of amides is 1. The Morgan fingerprint density at radius 2 is 2.03 bits per heavy atom. The summed E-state index contributed by atoms with van der Waals surface area (Å²) in [5.41, 5.74) is 1.51. The van der Waals surface area contributed by atoms with Crippen molar-refractivity contribution in [2.45, 2.75) is 38.5 Å². The van der Waals surface area contributed by atoms with Gasteiger partial charge in [0, 0.05) is 35.3 Å². The van der Waals surface area contributed by atoms with Gasteiger partial charge in [-0.3, -0.25) is 4.79 Å². The Morgan fingerprint density at radius 1 is 1.35 bits per heavy atom. The summed E-state index contributed by atoms with van der Waals surface area (Å²) in [7, 11) is 0. The predicted octanol–water partition coefficient (Wildman–Crippen LogP) is 5.22. The number of likely N-dealkylation sites (tertiary alicyclic amines) is 1. The molecule has 1 aliphatic rings. The van der Waals surface area contributed by atoms with E-state index in [0.29, 0.717) is 59.0 Å². The lowest BCUT2D eigenvalue weighted by molar-refractivity contribution is -0.201. The number of allylic oxidation sites excluding steroid dienone is 3. The van der Waals surface area contributed by atoms with Crippen molar-refractivity contribution in [3.63, 3.8) is 0 Å². The fourth-order valence-electron chi connectivity index (χ4n) is 3.56. The average molecular weight is 520 g/mol. The number of aliphatic hydroxyl groups excluding tert-OH is 1. The maximum atomic E-state index is 12.7. The highest BCUT2D eigenvalue weighted by Crippen LogP contribution is 2.26. The molecule has 1 fully saturated rings. The number of piperidine rings is 1. The molecule has 3 N–H and O–H groups in total. The number of hydrogen-bond donors (Lipinski definition) is 3. The van der Waals surface area contributed by atoms with Gasteiger partial charge in [0.2, 0.25) is 0 Å². The van der Waals surface area contributed by atoms with Crippen molar-refractivity contribution in [3.8, 4) is 0 Å². The predicted molar refractivity (Wildman–Crippen MR) is 130 cm³/mol. The minimum absolute atomic E-state index is 0.336. The van der Waals surface area contributed by atoms with Crippen molar-refractivity contribution < 1.29 is 23.1 Å². The van der Waals surface area contributed by atoms with Crippen molar-refractivity contribution in [3.05, 3.63) is 70.0 Å². The number of halogens is 5. The summed E-state index contributed by atoms with van der Waals surface area (Å²) in [5.74, 6) is 0.00432. The molecule has 1 aromatic rings. The lowest BCUT2D eigenvalue weighted by Crippen LogP contribution is -2.40. The van der Waals surface area contributed by atoms with E-state index in [1.807, 2.05) is 0 Å². The first-order valence-electron chi connectivity index (χ1n) is 11.0. The first kappa shape index (κ1) is 28.2. The van der Waals surface area contributed by atoms with Crippen molar-refractivity contribution >= 4 is 29.1 Å². The van der Waals surface area contributed by atoms with Gasteiger partial charge in [-0.15, -0.1) is 0 Å². The van der Waals surface area contributed by atoms with Crippen LogP contribution >= 0.6 is 23.2 Å². The summed E-state index contributed by atoms with van der Waals surface area (Å²) in [6.45, 7) is 7.21. The second-order valence-electron chi connectivity index (χ2n) is 8.12. The largest absolute Gasteiger partial charge is 0.415 e. The fourth-order valence-corrected chi connectivity index (χ4v) is 3.86. The van der Waals surface area contributed by atoms with E-state index in [-0.39, 0.29) is 5.91 Å². The highest BCUT2D eigenvalue weighted by atomic mass is 35.5. The number of alkyl halides is 3. The molecule has 0 aliphatic carbocycles. The number of carbonyl (C=O) groups is 1. The van der Waals surface area contributed by atoms with Gasteiger partial charge in [-0.05, 0) is 62.9 Å². The first-order valence-corrected chi connectivity index (χ1v) is 11.8. The monoisotopic (exact) mass is 519 g/mol. The Balaban J connectivity index is 1.91. The Hall–Kier alpha value is -2.00. The van der Waals surface area contributed by atoms with Gasteiger partial charge in [0.25, 0.3) is 5.91 Å². The van der Waals surface area contributed by atoms with E-state index in [1.165, 1.54) is 0 Å². The van der Waals surface area contributed by atoms with E-state index in [4.69, 9.17) is 28.3 Å². The molecule has 0 aromatic heterocycles. The van der Waals surface area contributed by atoms with Gasteiger partial charge in [-0.1, -0.05) is 41.9 Å². The van der Waals surface area contributed by atoms with Crippen LogP contribution in [0.1, 0.15) is 36.5 Å². The normalized spacial score (nSPS) is 17.0. The molecule has 1 heterocycles. The molecule has 1 unspecified atom stereocenters. The van der Waals surface area contributed by atoms with Crippen LogP contribution in [0.15, 0.2) is 59.4 Å². The molecule has 0 saturated carbocycles. The maximum Gasteiger partial charge on any atom is 0.415 e. The van der Waals surface area contributed by atoms with Gasteiger partial charge in [0.05, 0.1) is 11.4 Å². The number of nitrogens with one attached hydrogen (secondary N) is 2. The van der Waals surface area contributed by atoms with Gasteiger partial charge >= 0.3 is 6.18 Å². The first-order chi connectivity index (χ1) is 16.0. The number of aliphatic hydroxyl groups is 1. The van der Waals surface area contributed by atoms with Gasteiger partial charge in [0.15, 0.2) is 6.10 Å². The fraction of sp³-hybridized carbons (Fsp3) is 0.458. The number of hydrogen-bond acceptors (Lipinski definition) is 4. The van der Waals surface area contributed by atoms with E-state index < -0.39 is 18.8 Å². The lowest BCUT2D eigenvalue weighted by Gasteiger charge is -2.35. The highest BCUT2D eigenvalue weighted by Gasteiger charge is 2.37. The van der Waals surface area contributed by atoms with Crippen molar-refractivity contribution in [2.75, 3.05) is 26.2 Å². The summed E-state index contributed by atoms with van der Waals surface area (Å²) in [6, 6.07) is 6.61. The molecule has 2 rings (SSSR count). The van der Waals surface area contributed by atoms with E-state index in [2.05, 4.69) is 22.1 Å². The van der Waals surface area contributed by atoms with Crippen LogP contribution in [0.3, 0.4) is 0 Å². The highest BCUT2D eigenvalue weighted by molar-refractivity contribution is 6.31. The molecule has 1 aromatic carbocycles. The number of benzene rings is 1. The topological polar surface area (TPSA) is 64.6 Å². The lowest BCUT2D eigenvalue weighted by atomic mass is 9.93. The molecule has 188 valence electrons. The Kier molecular flexibility index (Phi) is 11.0. The molecule has 0 radical (unpaired) electrons. The van der Waals surface area contributed by atoms with Crippen LogP contribution in [-0.2, 0) is 0 Å². The summed E-state index contributed by atoms with van der Waals surface area (Å²) in [5, 5.41) is 15.5. The third-order valence-electron chi connectivity index (χ3n) is 5.65. The zero-order valence-corrected chi connectivity index (χ0v) is 20.5. The van der Waals surface area contributed by atoms with E-state index >= 15 is 0 Å². The minimum atomic E-state index is -4.61. The van der Waals surface area contributed by atoms with Crippen LogP contribution in [-0.4, -0.2) is 54.4 Å². The third-order valence-corrected chi connectivity index (χ3v) is 6.21. The molecule has 1 aliphatic heterocycles.